The van der Waals surface area contributed by atoms with Crippen LogP contribution in [0, 0.1) is 6.92 Å². The molecule has 0 spiro atoms. The highest BCUT2D eigenvalue weighted by molar-refractivity contribution is 7.89. The van der Waals surface area contributed by atoms with Crippen LogP contribution in [-0.4, -0.2) is 26.7 Å². The average Bonchev–Trinajstić information content (AvgIpc) is 2.82. The molecular weight excluding hydrogens is 448 g/mol. The lowest BCUT2D eigenvalue weighted by Gasteiger charge is -2.26. The smallest absolute Gasteiger partial charge is 0.251 e. The van der Waals surface area contributed by atoms with Crippen LogP contribution in [0.5, 0.6) is 0 Å². The molecule has 34 heavy (non-hydrogen) atoms. The Balaban J connectivity index is 1.58. The van der Waals surface area contributed by atoms with Gasteiger partial charge in [0, 0.05) is 29.6 Å². The number of rotatable bonds is 9. The van der Waals surface area contributed by atoms with Gasteiger partial charge in [-0.2, -0.15) is 0 Å². The van der Waals surface area contributed by atoms with Gasteiger partial charge in [-0.05, 0) is 49.2 Å². The summed E-state index contributed by atoms with van der Waals surface area (Å²) in [7, 11) is -3.72. The highest BCUT2D eigenvalue weighted by atomic mass is 32.2. The fourth-order valence-electron chi connectivity index (χ4n) is 3.48. The largest absolute Gasteiger partial charge is 0.351 e. The number of Topliss-reactive ketones (excluding diaryl/α,β-unsaturated/α-hetero) is 1. The number of benzene rings is 3. The van der Waals surface area contributed by atoms with E-state index in [2.05, 4.69) is 36.0 Å². The quantitative estimate of drug-likeness (QED) is 0.446. The summed E-state index contributed by atoms with van der Waals surface area (Å²) in [6, 6.07) is 20.9. The molecule has 1 amide bonds. The van der Waals surface area contributed by atoms with Gasteiger partial charge in [0.1, 0.15) is 0 Å². The van der Waals surface area contributed by atoms with Crippen LogP contribution in [0.3, 0.4) is 0 Å². The van der Waals surface area contributed by atoms with Gasteiger partial charge >= 0.3 is 0 Å². The van der Waals surface area contributed by atoms with Crippen LogP contribution in [0.2, 0.25) is 0 Å². The number of amides is 1. The predicted molar refractivity (Wildman–Crippen MR) is 133 cm³/mol. The van der Waals surface area contributed by atoms with E-state index in [0.29, 0.717) is 17.7 Å². The molecule has 3 aromatic carbocycles. The minimum absolute atomic E-state index is 0.0824. The van der Waals surface area contributed by atoms with E-state index in [0.717, 1.165) is 11.1 Å². The number of hydrogen-bond donors (Lipinski definition) is 2. The summed E-state index contributed by atoms with van der Waals surface area (Å²) in [6.45, 7) is 8.22. The van der Waals surface area contributed by atoms with Gasteiger partial charge in [-0.1, -0.05) is 67.9 Å². The van der Waals surface area contributed by atoms with Crippen molar-refractivity contribution in [2.24, 2.45) is 0 Å². The SMILES string of the molecule is CC(=O)c1ccc(S(=O)(=O)NCc2ccc(C(=O)NCC(C)(C)c3cccc(C)c3)cc2)cc1. The predicted octanol–water partition coefficient (Wildman–Crippen LogP) is 4.38. The Morgan fingerprint density at radius 2 is 1.50 bits per heavy atom. The Morgan fingerprint density at radius 1 is 0.882 bits per heavy atom. The first kappa shape index (κ1) is 25.3. The van der Waals surface area contributed by atoms with Crippen molar-refractivity contribution >= 4 is 21.7 Å². The molecule has 0 heterocycles. The second kappa shape index (κ2) is 10.3. The van der Waals surface area contributed by atoms with Crippen molar-refractivity contribution < 1.29 is 18.0 Å². The molecule has 0 unspecified atom stereocenters. The molecule has 0 aliphatic heterocycles. The maximum absolute atomic E-state index is 12.6. The van der Waals surface area contributed by atoms with Crippen molar-refractivity contribution in [2.45, 2.75) is 44.6 Å². The number of hydrogen-bond acceptors (Lipinski definition) is 4. The number of sulfonamides is 1. The first-order chi connectivity index (χ1) is 16.0. The molecule has 0 fully saturated rings. The Hall–Kier alpha value is -3.29. The summed E-state index contributed by atoms with van der Waals surface area (Å²) in [5.74, 6) is -0.307. The normalized spacial score (nSPS) is 11.8. The topological polar surface area (TPSA) is 92.3 Å². The average molecular weight is 479 g/mol. The molecule has 0 bridgehead atoms. The molecule has 2 N–H and O–H groups in total. The summed E-state index contributed by atoms with van der Waals surface area (Å²) in [5.41, 5.74) is 3.80. The van der Waals surface area contributed by atoms with Crippen LogP contribution >= 0.6 is 0 Å². The van der Waals surface area contributed by atoms with Crippen molar-refractivity contribution in [3.05, 3.63) is 101 Å². The third kappa shape index (κ3) is 6.40. The van der Waals surface area contributed by atoms with E-state index in [1.807, 2.05) is 19.1 Å². The third-order valence-corrected chi connectivity index (χ3v) is 7.16. The molecule has 6 nitrogen and oxygen atoms in total. The standard InChI is InChI=1S/C27H30N2O4S/c1-19-6-5-7-24(16-19)27(3,4)18-28-26(31)23-10-8-21(9-11-23)17-29-34(32,33)25-14-12-22(13-15-25)20(2)30/h5-16,29H,17-18H2,1-4H3,(H,28,31). The summed E-state index contributed by atoms with van der Waals surface area (Å²) >= 11 is 0. The molecule has 0 saturated heterocycles. The zero-order valence-electron chi connectivity index (χ0n) is 19.9. The zero-order chi connectivity index (χ0) is 24.9. The van der Waals surface area contributed by atoms with Crippen molar-refractivity contribution in [3.8, 4) is 0 Å². The van der Waals surface area contributed by atoms with E-state index in [1.165, 1.54) is 36.8 Å². The number of ketones is 1. The van der Waals surface area contributed by atoms with Gasteiger partial charge in [0.05, 0.1) is 4.90 Å². The maximum atomic E-state index is 12.6. The van der Waals surface area contributed by atoms with Crippen molar-refractivity contribution in [1.82, 2.24) is 10.0 Å². The fraction of sp³-hybridized carbons (Fsp3) is 0.259. The Kier molecular flexibility index (Phi) is 7.69. The molecule has 3 rings (SSSR count). The van der Waals surface area contributed by atoms with Crippen LogP contribution in [0.1, 0.15) is 58.2 Å². The molecule has 0 aromatic heterocycles. The molecule has 7 heteroatoms. The summed E-state index contributed by atoms with van der Waals surface area (Å²) in [5, 5.41) is 2.99. The number of nitrogens with one attached hydrogen (secondary N) is 2. The summed E-state index contributed by atoms with van der Waals surface area (Å²) in [4.78, 5) is 24.1. The van der Waals surface area contributed by atoms with Gasteiger partial charge in [0.15, 0.2) is 5.78 Å². The monoisotopic (exact) mass is 478 g/mol. The summed E-state index contributed by atoms with van der Waals surface area (Å²) in [6.07, 6.45) is 0. The molecule has 0 aliphatic rings. The van der Waals surface area contributed by atoms with Crippen molar-refractivity contribution in [1.29, 1.82) is 0 Å². The van der Waals surface area contributed by atoms with Crippen LogP contribution in [0.4, 0.5) is 0 Å². The number of aryl methyl sites for hydroxylation is 1. The van der Waals surface area contributed by atoms with Gasteiger partial charge in [-0.3, -0.25) is 9.59 Å². The van der Waals surface area contributed by atoms with E-state index in [9.17, 15) is 18.0 Å². The summed E-state index contributed by atoms with van der Waals surface area (Å²) < 4.78 is 27.6. The van der Waals surface area contributed by atoms with E-state index in [-0.39, 0.29) is 28.5 Å². The Morgan fingerprint density at radius 3 is 2.09 bits per heavy atom. The van der Waals surface area contributed by atoms with Crippen LogP contribution in [0.15, 0.2) is 77.7 Å². The highest BCUT2D eigenvalue weighted by Gasteiger charge is 2.22. The third-order valence-electron chi connectivity index (χ3n) is 5.74. The zero-order valence-corrected chi connectivity index (χ0v) is 20.7. The van der Waals surface area contributed by atoms with Gasteiger partial charge < -0.3 is 5.32 Å². The minimum Gasteiger partial charge on any atom is -0.351 e. The van der Waals surface area contributed by atoms with Crippen molar-refractivity contribution in [3.63, 3.8) is 0 Å². The fourth-order valence-corrected chi connectivity index (χ4v) is 4.49. The van der Waals surface area contributed by atoms with E-state index in [1.54, 1.807) is 24.3 Å². The maximum Gasteiger partial charge on any atom is 0.251 e. The van der Waals surface area contributed by atoms with E-state index < -0.39 is 10.0 Å². The first-order valence-electron chi connectivity index (χ1n) is 11.0. The van der Waals surface area contributed by atoms with Gasteiger partial charge in [0.25, 0.3) is 5.91 Å². The lowest BCUT2D eigenvalue weighted by Crippen LogP contribution is -2.36. The second-order valence-electron chi connectivity index (χ2n) is 9.04. The van der Waals surface area contributed by atoms with Crippen molar-refractivity contribution in [2.75, 3.05) is 6.54 Å². The van der Waals surface area contributed by atoms with Gasteiger partial charge in [-0.25, -0.2) is 13.1 Å². The molecule has 0 saturated carbocycles. The molecule has 0 atom stereocenters. The van der Waals surface area contributed by atoms with Crippen LogP contribution in [0.25, 0.3) is 0 Å². The lowest BCUT2D eigenvalue weighted by molar-refractivity contribution is 0.0944. The molecule has 0 aliphatic carbocycles. The lowest BCUT2D eigenvalue weighted by atomic mass is 9.84. The molecule has 178 valence electrons. The molecular formula is C27H30N2O4S. The molecule has 3 aromatic rings. The minimum atomic E-state index is -3.72. The van der Waals surface area contributed by atoms with Gasteiger partial charge in [0.2, 0.25) is 10.0 Å². The first-order valence-corrected chi connectivity index (χ1v) is 12.5. The number of carbonyl (C=O) groups excluding carboxylic acids is 2. The van der Waals surface area contributed by atoms with E-state index in [4.69, 9.17) is 0 Å². The molecule has 0 radical (unpaired) electrons. The Bertz CT molecular complexity index is 1280. The Labute approximate surface area is 201 Å². The highest BCUT2D eigenvalue weighted by Crippen LogP contribution is 2.23. The van der Waals surface area contributed by atoms with E-state index >= 15 is 0 Å². The van der Waals surface area contributed by atoms with Crippen LogP contribution < -0.4 is 10.0 Å². The van der Waals surface area contributed by atoms with Crippen LogP contribution in [-0.2, 0) is 22.0 Å². The number of carbonyl (C=O) groups is 2. The van der Waals surface area contributed by atoms with Gasteiger partial charge in [-0.15, -0.1) is 0 Å². The second-order valence-corrected chi connectivity index (χ2v) is 10.8.